The van der Waals surface area contributed by atoms with Crippen molar-refractivity contribution >= 4 is 0 Å². The first-order valence-electron chi connectivity index (χ1n) is 7.51. The summed E-state index contributed by atoms with van der Waals surface area (Å²) in [4.78, 5) is 4.18. The van der Waals surface area contributed by atoms with Crippen molar-refractivity contribution in [1.82, 2.24) is 9.55 Å². The van der Waals surface area contributed by atoms with E-state index in [1.165, 1.54) is 51.4 Å². The van der Waals surface area contributed by atoms with Crippen LogP contribution in [0.15, 0.2) is 12.5 Å². The van der Waals surface area contributed by atoms with E-state index in [2.05, 4.69) is 16.5 Å². The molecule has 1 atom stereocenters. The van der Waals surface area contributed by atoms with Gasteiger partial charge in [0.1, 0.15) is 0 Å². The van der Waals surface area contributed by atoms with E-state index in [0.717, 1.165) is 12.2 Å². The number of unbranched alkanes of at least 4 members (excludes halogenated alkanes) is 7. The van der Waals surface area contributed by atoms with Gasteiger partial charge < -0.3 is 10.3 Å². The molecule has 18 heavy (non-hydrogen) atoms. The topological polar surface area (TPSA) is 43.8 Å². The van der Waals surface area contributed by atoms with Gasteiger partial charge in [-0.05, 0) is 13.3 Å². The van der Waals surface area contributed by atoms with Crippen LogP contribution in [-0.2, 0) is 6.54 Å². The van der Waals surface area contributed by atoms with Gasteiger partial charge in [-0.3, -0.25) is 0 Å². The molecule has 0 unspecified atom stereocenters. The molecule has 3 nitrogen and oxygen atoms in total. The third kappa shape index (κ3) is 5.67. The Bertz CT molecular complexity index is 304. The molecule has 104 valence electrons. The molecule has 1 heterocycles. The van der Waals surface area contributed by atoms with Crippen molar-refractivity contribution in [3.63, 3.8) is 0 Å². The number of aryl methyl sites for hydroxylation is 1. The number of nitrogens with two attached hydrogens (primary N) is 1. The lowest BCUT2D eigenvalue weighted by Crippen LogP contribution is -2.11. The van der Waals surface area contributed by atoms with E-state index < -0.39 is 0 Å². The number of nitrogens with zero attached hydrogens (tertiary/aromatic N) is 2. The van der Waals surface area contributed by atoms with Crippen LogP contribution in [0.1, 0.15) is 76.9 Å². The Hall–Kier alpha value is -0.830. The summed E-state index contributed by atoms with van der Waals surface area (Å²) in [5.74, 6) is 0. The minimum atomic E-state index is 0.0848. The van der Waals surface area contributed by atoms with Gasteiger partial charge >= 0.3 is 0 Å². The maximum Gasteiger partial charge on any atom is 0.0948 e. The monoisotopic (exact) mass is 251 g/mol. The first-order valence-corrected chi connectivity index (χ1v) is 7.51. The van der Waals surface area contributed by atoms with E-state index in [9.17, 15) is 0 Å². The normalized spacial score (nSPS) is 12.8. The van der Waals surface area contributed by atoms with Crippen LogP contribution in [0.4, 0.5) is 0 Å². The second-order valence-corrected chi connectivity index (χ2v) is 5.28. The highest BCUT2D eigenvalue weighted by Gasteiger charge is 2.05. The molecule has 0 aliphatic rings. The molecular formula is C15H29N3. The molecule has 0 aromatic carbocycles. The van der Waals surface area contributed by atoms with Crippen LogP contribution in [-0.4, -0.2) is 9.55 Å². The van der Waals surface area contributed by atoms with E-state index in [4.69, 9.17) is 5.73 Å². The van der Waals surface area contributed by atoms with E-state index in [1.807, 2.05) is 19.4 Å². The lowest BCUT2D eigenvalue weighted by molar-refractivity contribution is 0.530. The minimum Gasteiger partial charge on any atom is -0.333 e. The van der Waals surface area contributed by atoms with Crippen molar-refractivity contribution < 1.29 is 0 Å². The smallest absolute Gasteiger partial charge is 0.0948 e. The van der Waals surface area contributed by atoms with Crippen molar-refractivity contribution in [2.24, 2.45) is 5.73 Å². The maximum absolute atomic E-state index is 5.90. The average molecular weight is 251 g/mol. The molecule has 1 aromatic heterocycles. The first-order chi connectivity index (χ1) is 8.75. The summed E-state index contributed by atoms with van der Waals surface area (Å²) in [6, 6.07) is 0.0848. The molecule has 1 aromatic rings. The second-order valence-electron chi connectivity index (χ2n) is 5.28. The van der Waals surface area contributed by atoms with Gasteiger partial charge in [0, 0.05) is 18.8 Å². The molecule has 0 saturated carbocycles. The first kappa shape index (κ1) is 15.2. The molecular weight excluding hydrogens is 222 g/mol. The van der Waals surface area contributed by atoms with Crippen molar-refractivity contribution in [1.29, 1.82) is 0 Å². The zero-order valence-corrected chi connectivity index (χ0v) is 12.1. The third-order valence-electron chi connectivity index (χ3n) is 3.46. The predicted molar refractivity (Wildman–Crippen MR) is 77.4 cm³/mol. The maximum atomic E-state index is 5.90. The Balaban J connectivity index is 2.05. The highest BCUT2D eigenvalue weighted by atomic mass is 15.1. The Morgan fingerprint density at radius 3 is 2.33 bits per heavy atom. The van der Waals surface area contributed by atoms with Gasteiger partial charge in [0.15, 0.2) is 0 Å². The van der Waals surface area contributed by atoms with Crippen LogP contribution in [0, 0.1) is 0 Å². The lowest BCUT2D eigenvalue weighted by atomic mass is 10.1. The van der Waals surface area contributed by atoms with Gasteiger partial charge in [-0.15, -0.1) is 0 Å². The Kier molecular flexibility index (Phi) is 7.74. The summed E-state index contributed by atoms with van der Waals surface area (Å²) < 4.78 is 2.20. The summed E-state index contributed by atoms with van der Waals surface area (Å²) in [7, 11) is 0. The minimum absolute atomic E-state index is 0.0848. The molecule has 0 bridgehead atoms. The van der Waals surface area contributed by atoms with E-state index >= 15 is 0 Å². The SMILES string of the molecule is CCCCCCCCCCn1cncc1[C@H](C)N. The van der Waals surface area contributed by atoms with Crippen molar-refractivity contribution in [3.05, 3.63) is 18.2 Å². The Morgan fingerprint density at radius 2 is 1.72 bits per heavy atom. The fraction of sp³-hybridized carbons (Fsp3) is 0.800. The average Bonchev–Trinajstić information content (AvgIpc) is 2.81. The summed E-state index contributed by atoms with van der Waals surface area (Å²) in [6.45, 7) is 5.34. The van der Waals surface area contributed by atoms with Crippen molar-refractivity contribution in [2.75, 3.05) is 0 Å². The van der Waals surface area contributed by atoms with Crippen LogP contribution < -0.4 is 5.73 Å². The number of hydrogen-bond donors (Lipinski definition) is 1. The van der Waals surface area contributed by atoms with E-state index in [-0.39, 0.29) is 6.04 Å². The molecule has 2 N–H and O–H groups in total. The van der Waals surface area contributed by atoms with Crippen LogP contribution >= 0.6 is 0 Å². The van der Waals surface area contributed by atoms with Crippen LogP contribution in [0.25, 0.3) is 0 Å². The molecule has 0 radical (unpaired) electrons. The van der Waals surface area contributed by atoms with E-state index in [0.29, 0.717) is 0 Å². The van der Waals surface area contributed by atoms with Gasteiger partial charge in [-0.2, -0.15) is 0 Å². The fourth-order valence-corrected chi connectivity index (χ4v) is 2.31. The van der Waals surface area contributed by atoms with Gasteiger partial charge in [-0.1, -0.05) is 51.9 Å². The summed E-state index contributed by atoms with van der Waals surface area (Å²) in [6.07, 6.45) is 14.7. The van der Waals surface area contributed by atoms with Crippen LogP contribution in [0.2, 0.25) is 0 Å². The van der Waals surface area contributed by atoms with E-state index in [1.54, 1.807) is 0 Å². The number of rotatable bonds is 10. The van der Waals surface area contributed by atoms with Crippen LogP contribution in [0.5, 0.6) is 0 Å². The molecule has 0 aliphatic heterocycles. The summed E-state index contributed by atoms with van der Waals surface area (Å²) >= 11 is 0. The number of hydrogen-bond acceptors (Lipinski definition) is 2. The van der Waals surface area contributed by atoms with Crippen molar-refractivity contribution in [2.45, 2.75) is 77.8 Å². The number of imidazole rings is 1. The standard InChI is InChI=1S/C15H29N3/c1-3-4-5-6-7-8-9-10-11-18-13-17-12-15(18)14(2)16/h12-14H,3-11,16H2,1-2H3/t14-/m0/s1. The highest BCUT2D eigenvalue weighted by molar-refractivity contribution is 5.02. The molecule has 0 aliphatic carbocycles. The molecule has 0 saturated heterocycles. The lowest BCUT2D eigenvalue weighted by Gasteiger charge is -2.10. The zero-order chi connectivity index (χ0) is 13.2. The Morgan fingerprint density at radius 1 is 1.11 bits per heavy atom. The Labute approximate surface area is 112 Å². The predicted octanol–water partition coefficient (Wildman–Crippen LogP) is 4.04. The summed E-state index contributed by atoms with van der Waals surface area (Å²) in [5.41, 5.74) is 7.05. The highest BCUT2D eigenvalue weighted by Crippen LogP contribution is 2.12. The molecule has 1 rings (SSSR count). The van der Waals surface area contributed by atoms with Gasteiger partial charge in [0.05, 0.1) is 12.0 Å². The van der Waals surface area contributed by atoms with Gasteiger partial charge in [-0.25, -0.2) is 4.98 Å². The van der Waals surface area contributed by atoms with Gasteiger partial charge in [0.25, 0.3) is 0 Å². The van der Waals surface area contributed by atoms with Crippen LogP contribution in [0.3, 0.4) is 0 Å². The molecule has 0 amide bonds. The fourth-order valence-electron chi connectivity index (χ4n) is 2.31. The van der Waals surface area contributed by atoms with Crippen molar-refractivity contribution in [3.8, 4) is 0 Å². The third-order valence-corrected chi connectivity index (χ3v) is 3.46. The zero-order valence-electron chi connectivity index (χ0n) is 12.1. The molecule has 0 spiro atoms. The quantitative estimate of drug-likeness (QED) is 0.638. The summed E-state index contributed by atoms with van der Waals surface area (Å²) in [5, 5.41) is 0. The second kappa shape index (κ2) is 9.15. The van der Waals surface area contributed by atoms with Gasteiger partial charge in [0.2, 0.25) is 0 Å². The molecule has 3 heteroatoms. The largest absolute Gasteiger partial charge is 0.333 e. The number of aromatic nitrogens is 2. The molecule has 0 fully saturated rings.